The number of aromatic nitrogens is 1. The molecule has 0 aliphatic carbocycles. The molecule has 0 atom stereocenters. The average Bonchev–Trinajstić information content (AvgIpc) is 2.79. The number of ether oxygens (including phenoxy) is 3. The van der Waals surface area contributed by atoms with Gasteiger partial charge in [-0.15, -0.1) is 0 Å². The van der Waals surface area contributed by atoms with Gasteiger partial charge in [-0.3, -0.25) is 4.79 Å². The highest BCUT2D eigenvalue weighted by atomic mass is 16.5. The summed E-state index contributed by atoms with van der Waals surface area (Å²) in [4.78, 5) is 39.8. The minimum absolute atomic E-state index is 0.0924. The Morgan fingerprint density at radius 3 is 1.94 bits per heavy atom. The van der Waals surface area contributed by atoms with Crippen molar-refractivity contribution in [1.82, 2.24) is 4.98 Å². The van der Waals surface area contributed by atoms with E-state index in [2.05, 4.69) is 19.8 Å². The van der Waals surface area contributed by atoms with E-state index in [0.717, 1.165) is 5.56 Å². The molecule has 0 aliphatic heterocycles. The number of pyridine rings is 1. The predicted molar refractivity (Wildman–Crippen MR) is 112 cm³/mol. The first-order valence-electron chi connectivity index (χ1n) is 9.29. The Morgan fingerprint density at radius 1 is 0.806 bits per heavy atom. The monoisotopic (exact) mass is 420 g/mol. The molecule has 1 amide bonds. The minimum atomic E-state index is -0.716. The highest BCUT2D eigenvalue weighted by Gasteiger charge is 2.17. The van der Waals surface area contributed by atoms with Crippen molar-refractivity contribution in [2.24, 2.45) is 0 Å². The van der Waals surface area contributed by atoms with Crippen LogP contribution in [-0.2, 0) is 20.7 Å². The maximum atomic E-state index is 12.2. The van der Waals surface area contributed by atoms with Crippen LogP contribution in [0.25, 0.3) is 0 Å². The van der Waals surface area contributed by atoms with Gasteiger partial charge in [0.05, 0.1) is 20.6 Å². The number of rotatable bonds is 7. The van der Waals surface area contributed by atoms with Crippen LogP contribution in [0, 0.1) is 0 Å². The lowest BCUT2D eigenvalue weighted by Gasteiger charge is -2.10. The van der Waals surface area contributed by atoms with Gasteiger partial charge in [0.1, 0.15) is 11.5 Å². The van der Waals surface area contributed by atoms with Crippen molar-refractivity contribution in [2.75, 3.05) is 19.5 Å². The lowest BCUT2D eigenvalue weighted by Crippen LogP contribution is -2.14. The van der Waals surface area contributed by atoms with Crippen LogP contribution in [0.3, 0.4) is 0 Å². The maximum absolute atomic E-state index is 12.2. The van der Waals surface area contributed by atoms with Crippen LogP contribution >= 0.6 is 0 Å². The molecule has 2 aromatic carbocycles. The lowest BCUT2D eigenvalue weighted by molar-refractivity contribution is -0.115. The van der Waals surface area contributed by atoms with E-state index in [0.29, 0.717) is 11.4 Å². The number of hydrogen-bond acceptors (Lipinski definition) is 7. The molecule has 0 radical (unpaired) electrons. The highest BCUT2D eigenvalue weighted by molar-refractivity contribution is 5.93. The smallest absolute Gasteiger partial charge is 0.356 e. The van der Waals surface area contributed by atoms with E-state index in [-0.39, 0.29) is 29.5 Å². The molecule has 1 heterocycles. The summed E-state index contributed by atoms with van der Waals surface area (Å²) in [5.74, 6) is -0.936. The second kappa shape index (κ2) is 10.0. The molecule has 0 aliphatic rings. The Bertz CT molecular complexity index is 1050. The number of carbonyl (C=O) groups excluding carboxylic acids is 3. The molecular weight excluding hydrogens is 400 g/mol. The van der Waals surface area contributed by atoms with E-state index in [4.69, 9.17) is 4.74 Å². The molecule has 8 heteroatoms. The van der Waals surface area contributed by atoms with E-state index in [1.807, 2.05) is 30.3 Å². The molecule has 0 fully saturated rings. The van der Waals surface area contributed by atoms with Crippen LogP contribution in [0.4, 0.5) is 5.69 Å². The summed E-state index contributed by atoms with van der Waals surface area (Å²) in [6, 6.07) is 18.8. The van der Waals surface area contributed by atoms with Crippen molar-refractivity contribution in [2.45, 2.75) is 6.42 Å². The standard InChI is InChI=1S/C23H20N2O6/c1-29-22(27)19-13-18(14-20(25-19)23(28)30-2)31-17-10-8-16(9-11-17)24-21(26)12-15-6-4-3-5-7-15/h3-11,13-14H,12H2,1-2H3,(H,24,26). The lowest BCUT2D eigenvalue weighted by atomic mass is 10.1. The number of benzene rings is 2. The topological polar surface area (TPSA) is 104 Å². The van der Waals surface area contributed by atoms with Crippen molar-refractivity contribution in [1.29, 1.82) is 0 Å². The van der Waals surface area contributed by atoms with Crippen LogP contribution in [0.2, 0.25) is 0 Å². The number of nitrogens with one attached hydrogen (secondary N) is 1. The molecular formula is C23H20N2O6. The molecule has 0 saturated carbocycles. The molecule has 0 saturated heterocycles. The normalized spacial score (nSPS) is 10.1. The third-order valence-electron chi connectivity index (χ3n) is 4.17. The maximum Gasteiger partial charge on any atom is 0.356 e. The molecule has 3 rings (SSSR count). The van der Waals surface area contributed by atoms with Crippen molar-refractivity contribution in [3.63, 3.8) is 0 Å². The molecule has 0 bridgehead atoms. The van der Waals surface area contributed by atoms with Gasteiger partial charge >= 0.3 is 11.9 Å². The molecule has 1 aromatic heterocycles. The number of methoxy groups -OCH3 is 2. The van der Waals surface area contributed by atoms with Gasteiger partial charge in [-0.1, -0.05) is 30.3 Å². The quantitative estimate of drug-likeness (QED) is 0.582. The van der Waals surface area contributed by atoms with Gasteiger partial charge in [0.2, 0.25) is 5.91 Å². The SMILES string of the molecule is COC(=O)c1cc(Oc2ccc(NC(=O)Cc3ccccc3)cc2)cc(C(=O)OC)n1. The predicted octanol–water partition coefficient (Wildman–Crippen LogP) is 3.63. The number of anilines is 1. The molecule has 0 unspecified atom stereocenters. The van der Waals surface area contributed by atoms with Crippen LogP contribution in [0.1, 0.15) is 26.5 Å². The van der Waals surface area contributed by atoms with Crippen molar-refractivity contribution in [3.05, 3.63) is 83.7 Å². The highest BCUT2D eigenvalue weighted by Crippen LogP contribution is 2.25. The van der Waals surface area contributed by atoms with E-state index in [1.54, 1.807) is 24.3 Å². The van der Waals surface area contributed by atoms with Gasteiger partial charge in [0, 0.05) is 17.8 Å². The summed E-state index contributed by atoms with van der Waals surface area (Å²) in [5.41, 5.74) is 1.34. The van der Waals surface area contributed by atoms with E-state index >= 15 is 0 Å². The molecule has 0 spiro atoms. The van der Waals surface area contributed by atoms with Crippen LogP contribution in [0.5, 0.6) is 11.5 Å². The fourth-order valence-electron chi connectivity index (χ4n) is 2.71. The van der Waals surface area contributed by atoms with Crippen LogP contribution in [0.15, 0.2) is 66.7 Å². The van der Waals surface area contributed by atoms with Gasteiger partial charge < -0.3 is 19.5 Å². The van der Waals surface area contributed by atoms with Crippen LogP contribution in [-0.4, -0.2) is 37.0 Å². The molecule has 158 valence electrons. The van der Waals surface area contributed by atoms with E-state index in [1.165, 1.54) is 26.4 Å². The Kier molecular flexibility index (Phi) is 6.95. The molecule has 8 nitrogen and oxygen atoms in total. The van der Waals surface area contributed by atoms with Gasteiger partial charge in [-0.25, -0.2) is 14.6 Å². The number of nitrogens with zero attached hydrogens (tertiary/aromatic N) is 1. The zero-order chi connectivity index (χ0) is 22.2. The first-order chi connectivity index (χ1) is 15.0. The first kappa shape index (κ1) is 21.5. The number of hydrogen-bond donors (Lipinski definition) is 1. The Morgan fingerprint density at radius 2 is 1.39 bits per heavy atom. The number of carbonyl (C=O) groups is 3. The molecule has 31 heavy (non-hydrogen) atoms. The van der Waals surface area contributed by atoms with Crippen molar-refractivity contribution >= 4 is 23.5 Å². The van der Waals surface area contributed by atoms with E-state index in [9.17, 15) is 14.4 Å². The largest absolute Gasteiger partial charge is 0.464 e. The third-order valence-corrected chi connectivity index (χ3v) is 4.17. The summed E-state index contributed by atoms with van der Waals surface area (Å²) in [6.07, 6.45) is 0.267. The van der Waals surface area contributed by atoms with Gasteiger partial charge in [0.25, 0.3) is 0 Å². The Balaban J connectivity index is 1.71. The van der Waals surface area contributed by atoms with Crippen LogP contribution < -0.4 is 10.1 Å². The van der Waals surface area contributed by atoms with Gasteiger partial charge in [-0.05, 0) is 29.8 Å². The summed E-state index contributed by atoms with van der Waals surface area (Å²) in [7, 11) is 2.42. The van der Waals surface area contributed by atoms with Crippen molar-refractivity contribution in [3.8, 4) is 11.5 Å². The summed E-state index contributed by atoms with van der Waals surface area (Å²) < 4.78 is 15.0. The van der Waals surface area contributed by atoms with Gasteiger partial charge in [0.15, 0.2) is 11.4 Å². The van der Waals surface area contributed by atoms with Gasteiger partial charge in [-0.2, -0.15) is 0 Å². The molecule has 3 aromatic rings. The number of esters is 2. The first-order valence-corrected chi connectivity index (χ1v) is 9.29. The third kappa shape index (κ3) is 5.89. The summed E-state index contributed by atoms with van der Waals surface area (Å²) >= 11 is 0. The molecule has 1 N–H and O–H groups in total. The zero-order valence-electron chi connectivity index (χ0n) is 17.0. The fourth-order valence-corrected chi connectivity index (χ4v) is 2.71. The minimum Gasteiger partial charge on any atom is -0.464 e. The zero-order valence-corrected chi connectivity index (χ0v) is 17.0. The summed E-state index contributed by atoms with van der Waals surface area (Å²) in [5, 5.41) is 2.82. The Labute approximate surface area is 178 Å². The van der Waals surface area contributed by atoms with Crippen molar-refractivity contribution < 1.29 is 28.6 Å². The summed E-state index contributed by atoms with van der Waals surface area (Å²) in [6.45, 7) is 0. The fraction of sp³-hybridized carbons (Fsp3) is 0.130. The Hall–Kier alpha value is -4.20. The average molecular weight is 420 g/mol. The second-order valence-electron chi connectivity index (χ2n) is 6.39. The second-order valence-corrected chi connectivity index (χ2v) is 6.39. The number of amides is 1. The van der Waals surface area contributed by atoms with E-state index < -0.39 is 11.9 Å².